The van der Waals surface area contributed by atoms with Gasteiger partial charge in [0.25, 0.3) is 5.91 Å². The Morgan fingerprint density at radius 1 is 1.85 bits per heavy atom. The molecule has 1 unspecified atom stereocenters. The summed E-state index contributed by atoms with van der Waals surface area (Å²) in [5, 5.41) is 12.5. The van der Waals surface area contributed by atoms with Crippen LogP contribution in [0.3, 0.4) is 0 Å². The molecule has 3 N–H and O–H groups in total. The molecule has 0 aliphatic heterocycles. The van der Waals surface area contributed by atoms with Crippen molar-refractivity contribution in [3.63, 3.8) is 0 Å². The van der Waals surface area contributed by atoms with Gasteiger partial charge in [0.2, 0.25) is 0 Å². The van der Waals surface area contributed by atoms with E-state index < -0.39 is 11.9 Å². The summed E-state index contributed by atoms with van der Waals surface area (Å²) < 4.78 is 0. The molecule has 1 atom stereocenters. The van der Waals surface area contributed by atoms with Crippen molar-refractivity contribution in [2.45, 2.75) is 13.0 Å². The van der Waals surface area contributed by atoms with Crippen LogP contribution in [0, 0.1) is 11.3 Å². The fourth-order valence-electron chi connectivity index (χ4n) is 0.648. The fraction of sp³-hybridized carbons (Fsp3) is 0.714. The van der Waals surface area contributed by atoms with Crippen molar-refractivity contribution >= 4 is 5.91 Å². The third-order valence-corrected chi connectivity index (χ3v) is 1.38. The summed E-state index contributed by atoms with van der Waals surface area (Å²) in [5.74, 6) is -0.721. The van der Waals surface area contributed by atoms with Crippen molar-refractivity contribution in [2.75, 3.05) is 20.3 Å². The maximum Gasteiger partial charge on any atom is 0.251 e. The van der Waals surface area contributed by atoms with Crippen LogP contribution < -0.4 is 11.1 Å². The SMILES string of the molecule is CCNCON(C)C(C#N)C(N)=O. The van der Waals surface area contributed by atoms with Gasteiger partial charge in [-0.1, -0.05) is 6.92 Å². The van der Waals surface area contributed by atoms with E-state index in [0.717, 1.165) is 11.6 Å². The highest BCUT2D eigenvalue weighted by atomic mass is 16.7. The number of amides is 1. The van der Waals surface area contributed by atoms with E-state index in [4.69, 9.17) is 15.8 Å². The third kappa shape index (κ3) is 4.42. The number of carbonyl (C=O) groups is 1. The van der Waals surface area contributed by atoms with Gasteiger partial charge < -0.3 is 5.73 Å². The Kier molecular flexibility index (Phi) is 5.80. The Balaban J connectivity index is 3.86. The molecule has 0 radical (unpaired) electrons. The summed E-state index contributed by atoms with van der Waals surface area (Å²) >= 11 is 0. The summed E-state index contributed by atoms with van der Waals surface area (Å²) in [6.45, 7) is 2.92. The standard InChI is InChI=1S/C7H14N4O2/c1-3-10-5-13-11(2)6(4-8)7(9)12/h6,10H,3,5H2,1-2H3,(H2,9,12). The molecular formula is C7H14N4O2. The molecule has 74 valence electrons. The normalized spacial score (nSPS) is 12.5. The number of primary amides is 1. The highest BCUT2D eigenvalue weighted by Gasteiger charge is 2.20. The van der Waals surface area contributed by atoms with E-state index >= 15 is 0 Å². The summed E-state index contributed by atoms with van der Waals surface area (Å²) in [6.07, 6.45) is 0. The van der Waals surface area contributed by atoms with Crippen LogP contribution in [-0.4, -0.2) is 37.3 Å². The zero-order valence-corrected chi connectivity index (χ0v) is 7.78. The molecule has 6 heteroatoms. The molecule has 0 heterocycles. The number of hydrogen-bond acceptors (Lipinski definition) is 5. The summed E-state index contributed by atoms with van der Waals surface area (Å²) in [5.41, 5.74) is 4.95. The number of rotatable bonds is 6. The quantitative estimate of drug-likeness (QED) is 0.308. The predicted octanol–water partition coefficient (Wildman–Crippen LogP) is -1.21. The van der Waals surface area contributed by atoms with Crippen molar-refractivity contribution in [2.24, 2.45) is 5.73 Å². The molecule has 13 heavy (non-hydrogen) atoms. The molecule has 0 saturated carbocycles. The minimum absolute atomic E-state index is 0.248. The molecule has 0 bridgehead atoms. The smallest absolute Gasteiger partial charge is 0.251 e. The van der Waals surface area contributed by atoms with Gasteiger partial charge in [0.05, 0.1) is 6.07 Å². The van der Waals surface area contributed by atoms with Gasteiger partial charge in [-0.15, -0.1) is 0 Å². The molecule has 0 fully saturated rings. The number of likely N-dealkylation sites (N-methyl/N-ethyl adjacent to an activating group) is 1. The average molecular weight is 186 g/mol. The first-order valence-corrected chi connectivity index (χ1v) is 3.88. The Morgan fingerprint density at radius 2 is 2.46 bits per heavy atom. The van der Waals surface area contributed by atoms with Crippen molar-refractivity contribution in [3.05, 3.63) is 0 Å². The van der Waals surface area contributed by atoms with Crippen molar-refractivity contribution < 1.29 is 9.63 Å². The monoisotopic (exact) mass is 186 g/mol. The topological polar surface area (TPSA) is 91.4 Å². The number of nitriles is 1. The van der Waals surface area contributed by atoms with Crippen LogP contribution >= 0.6 is 0 Å². The van der Waals surface area contributed by atoms with Gasteiger partial charge in [-0.05, 0) is 6.54 Å². The summed E-state index contributed by atoms with van der Waals surface area (Å²) in [4.78, 5) is 15.7. The van der Waals surface area contributed by atoms with Crippen LogP contribution in [0.4, 0.5) is 0 Å². The highest BCUT2D eigenvalue weighted by molar-refractivity contribution is 5.82. The van der Waals surface area contributed by atoms with Crippen molar-refractivity contribution in [1.82, 2.24) is 10.4 Å². The van der Waals surface area contributed by atoms with E-state index in [1.165, 1.54) is 7.05 Å². The molecule has 1 amide bonds. The van der Waals surface area contributed by atoms with Gasteiger partial charge in [-0.25, -0.2) is 0 Å². The lowest BCUT2D eigenvalue weighted by Gasteiger charge is -2.18. The van der Waals surface area contributed by atoms with E-state index in [-0.39, 0.29) is 6.73 Å². The van der Waals surface area contributed by atoms with E-state index in [1.807, 2.05) is 6.92 Å². The van der Waals surface area contributed by atoms with Crippen LogP contribution in [-0.2, 0) is 9.63 Å². The Morgan fingerprint density at radius 3 is 2.85 bits per heavy atom. The minimum atomic E-state index is -1.04. The lowest BCUT2D eigenvalue weighted by molar-refractivity contribution is -0.169. The van der Waals surface area contributed by atoms with Crippen molar-refractivity contribution in [1.29, 1.82) is 5.26 Å². The first-order chi connectivity index (χ1) is 6.13. The molecule has 0 rings (SSSR count). The molecule has 0 saturated heterocycles. The number of hydroxylamine groups is 2. The van der Waals surface area contributed by atoms with E-state index in [9.17, 15) is 4.79 Å². The van der Waals surface area contributed by atoms with Crippen LogP contribution in [0.2, 0.25) is 0 Å². The average Bonchev–Trinajstić information content (AvgIpc) is 2.05. The molecular weight excluding hydrogens is 172 g/mol. The second kappa shape index (κ2) is 6.37. The lowest BCUT2D eigenvalue weighted by Crippen LogP contribution is -2.42. The van der Waals surface area contributed by atoms with Crippen LogP contribution in [0.15, 0.2) is 0 Å². The molecule has 0 aromatic carbocycles. The van der Waals surface area contributed by atoms with Gasteiger partial charge >= 0.3 is 0 Å². The van der Waals surface area contributed by atoms with Gasteiger partial charge in [-0.3, -0.25) is 14.9 Å². The van der Waals surface area contributed by atoms with Crippen LogP contribution in [0.25, 0.3) is 0 Å². The summed E-state index contributed by atoms with van der Waals surface area (Å²) in [6, 6.07) is 0.684. The molecule has 6 nitrogen and oxygen atoms in total. The van der Waals surface area contributed by atoms with E-state index in [2.05, 4.69) is 5.32 Å². The number of nitrogens with two attached hydrogens (primary N) is 1. The highest BCUT2D eigenvalue weighted by Crippen LogP contribution is 1.93. The van der Waals surface area contributed by atoms with Gasteiger partial charge in [0, 0.05) is 7.05 Å². The number of nitrogens with one attached hydrogen (secondary N) is 1. The predicted molar refractivity (Wildman–Crippen MR) is 46.0 cm³/mol. The third-order valence-electron chi connectivity index (χ3n) is 1.38. The van der Waals surface area contributed by atoms with Crippen LogP contribution in [0.5, 0.6) is 0 Å². The summed E-state index contributed by atoms with van der Waals surface area (Å²) in [7, 11) is 1.48. The first-order valence-electron chi connectivity index (χ1n) is 3.88. The molecule has 0 aromatic heterocycles. The van der Waals surface area contributed by atoms with Gasteiger partial charge in [0.1, 0.15) is 6.73 Å². The number of nitrogens with zero attached hydrogens (tertiary/aromatic N) is 2. The van der Waals surface area contributed by atoms with E-state index in [1.54, 1.807) is 6.07 Å². The zero-order chi connectivity index (χ0) is 10.3. The van der Waals surface area contributed by atoms with E-state index in [0.29, 0.717) is 0 Å². The number of hydrogen-bond donors (Lipinski definition) is 2. The lowest BCUT2D eigenvalue weighted by atomic mass is 10.3. The Hall–Kier alpha value is -1.16. The van der Waals surface area contributed by atoms with Crippen molar-refractivity contribution in [3.8, 4) is 6.07 Å². The Bertz CT molecular complexity index is 201. The second-order valence-corrected chi connectivity index (χ2v) is 2.36. The molecule has 0 spiro atoms. The zero-order valence-electron chi connectivity index (χ0n) is 7.78. The molecule has 0 aromatic rings. The largest absolute Gasteiger partial charge is 0.367 e. The van der Waals surface area contributed by atoms with Gasteiger partial charge in [-0.2, -0.15) is 10.3 Å². The first kappa shape index (κ1) is 11.8. The van der Waals surface area contributed by atoms with Gasteiger partial charge in [0.15, 0.2) is 6.04 Å². The minimum Gasteiger partial charge on any atom is -0.367 e. The van der Waals surface area contributed by atoms with Crippen LogP contribution in [0.1, 0.15) is 6.92 Å². The maximum absolute atomic E-state index is 10.7. The maximum atomic E-state index is 10.7. The Labute approximate surface area is 77.2 Å². The second-order valence-electron chi connectivity index (χ2n) is 2.36. The molecule has 0 aliphatic rings. The fourth-order valence-corrected chi connectivity index (χ4v) is 0.648. The number of carbonyl (C=O) groups excluding carboxylic acids is 1. The molecule has 0 aliphatic carbocycles.